The van der Waals surface area contributed by atoms with Crippen LogP contribution < -0.4 is 0 Å². The lowest BCUT2D eigenvalue weighted by Gasteiger charge is -2.21. The van der Waals surface area contributed by atoms with Gasteiger partial charge in [0.2, 0.25) is 10.0 Å². The van der Waals surface area contributed by atoms with Gasteiger partial charge in [0.05, 0.1) is 11.5 Å². The first-order chi connectivity index (χ1) is 7.55. The van der Waals surface area contributed by atoms with Crippen molar-refractivity contribution in [3.05, 3.63) is 18.5 Å². The van der Waals surface area contributed by atoms with Crippen LogP contribution in [0.3, 0.4) is 0 Å². The molecule has 5 nitrogen and oxygen atoms in total. The molecule has 6 heteroatoms. The Kier molecular flexibility index (Phi) is 3.05. The average Bonchev–Trinajstić information content (AvgIpc) is 2.85. The van der Waals surface area contributed by atoms with Gasteiger partial charge in [0.25, 0.3) is 0 Å². The summed E-state index contributed by atoms with van der Waals surface area (Å²) in [6, 6.07) is 1.33. The second kappa shape index (κ2) is 4.20. The molecule has 1 aromatic heterocycles. The molecule has 1 aromatic rings. The van der Waals surface area contributed by atoms with Gasteiger partial charge >= 0.3 is 0 Å². The molecule has 0 unspecified atom stereocenters. The fourth-order valence-corrected chi connectivity index (χ4v) is 3.81. The van der Waals surface area contributed by atoms with Crippen LogP contribution in [-0.2, 0) is 17.1 Å². The maximum Gasteiger partial charge on any atom is 0.244 e. The summed E-state index contributed by atoms with van der Waals surface area (Å²) in [5.41, 5.74) is 0. The van der Waals surface area contributed by atoms with Crippen molar-refractivity contribution in [3.8, 4) is 0 Å². The highest BCUT2D eigenvalue weighted by Crippen LogP contribution is 2.25. The van der Waals surface area contributed by atoms with Crippen LogP contribution in [0.15, 0.2) is 23.4 Å². The highest BCUT2D eigenvalue weighted by molar-refractivity contribution is 7.89. The Balaban J connectivity index is 2.32. The maximum atomic E-state index is 12.2. The van der Waals surface area contributed by atoms with Crippen molar-refractivity contribution in [2.24, 2.45) is 7.05 Å². The Morgan fingerprint density at radius 1 is 1.56 bits per heavy atom. The van der Waals surface area contributed by atoms with E-state index in [1.807, 2.05) is 0 Å². The second-order valence-corrected chi connectivity index (χ2v) is 6.00. The molecule has 0 saturated carbocycles. The van der Waals surface area contributed by atoms with E-state index in [2.05, 4.69) is 0 Å². The van der Waals surface area contributed by atoms with Gasteiger partial charge in [0, 0.05) is 32.0 Å². The van der Waals surface area contributed by atoms with Crippen molar-refractivity contribution in [2.75, 3.05) is 13.2 Å². The van der Waals surface area contributed by atoms with E-state index in [0.717, 1.165) is 12.8 Å². The van der Waals surface area contributed by atoms with Crippen molar-refractivity contribution in [2.45, 2.75) is 23.8 Å². The normalized spacial score (nSPS) is 22.8. The predicted molar refractivity (Wildman–Crippen MR) is 59.4 cm³/mol. The molecule has 1 aliphatic heterocycles. The van der Waals surface area contributed by atoms with E-state index in [4.69, 9.17) is 5.11 Å². The zero-order valence-electron chi connectivity index (χ0n) is 9.20. The van der Waals surface area contributed by atoms with E-state index in [1.165, 1.54) is 4.31 Å². The van der Waals surface area contributed by atoms with Gasteiger partial charge in [-0.2, -0.15) is 4.31 Å². The molecule has 1 fully saturated rings. The molecule has 0 aromatic carbocycles. The molecule has 2 heterocycles. The van der Waals surface area contributed by atoms with Gasteiger partial charge in [0.1, 0.15) is 0 Å². The molecular formula is C10H16N2O3S. The van der Waals surface area contributed by atoms with Crippen molar-refractivity contribution in [3.63, 3.8) is 0 Å². The smallest absolute Gasteiger partial charge is 0.244 e. The van der Waals surface area contributed by atoms with Gasteiger partial charge in [-0.1, -0.05) is 0 Å². The Labute approximate surface area is 95.3 Å². The number of hydrogen-bond donors (Lipinski definition) is 1. The van der Waals surface area contributed by atoms with Crippen LogP contribution in [-0.4, -0.2) is 41.6 Å². The zero-order chi connectivity index (χ0) is 11.8. The summed E-state index contributed by atoms with van der Waals surface area (Å²) in [5.74, 6) is 0. The van der Waals surface area contributed by atoms with E-state index in [-0.39, 0.29) is 12.6 Å². The number of aliphatic hydroxyl groups excluding tert-OH is 1. The Bertz CT molecular complexity index is 466. The highest BCUT2D eigenvalue weighted by atomic mass is 32.2. The number of aryl methyl sites for hydroxylation is 1. The van der Waals surface area contributed by atoms with Gasteiger partial charge in [0.15, 0.2) is 0 Å². The van der Waals surface area contributed by atoms with E-state index < -0.39 is 10.0 Å². The zero-order valence-corrected chi connectivity index (χ0v) is 10.0. The summed E-state index contributed by atoms with van der Waals surface area (Å²) < 4.78 is 27.5. The number of nitrogens with zero attached hydrogens (tertiary/aromatic N) is 2. The summed E-state index contributed by atoms with van der Waals surface area (Å²) in [5, 5.41) is 9.14. The molecular weight excluding hydrogens is 228 g/mol. The molecule has 0 amide bonds. The summed E-state index contributed by atoms with van der Waals surface area (Å²) >= 11 is 0. The number of aliphatic hydroxyl groups is 1. The lowest BCUT2D eigenvalue weighted by atomic mass is 10.2. The van der Waals surface area contributed by atoms with Gasteiger partial charge in [-0.3, -0.25) is 0 Å². The second-order valence-electron chi connectivity index (χ2n) is 4.11. The van der Waals surface area contributed by atoms with Gasteiger partial charge in [-0.25, -0.2) is 8.42 Å². The first-order valence-electron chi connectivity index (χ1n) is 5.30. The minimum absolute atomic E-state index is 0.105. The average molecular weight is 244 g/mol. The fraction of sp³-hybridized carbons (Fsp3) is 0.600. The summed E-state index contributed by atoms with van der Waals surface area (Å²) in [4.78, 5) is 0.301. The van der Waals surface area contributed by atoms with Crippen LogP contribution >= 0.6 is 0 Å². The van der Waals surface area contributed by atoms with Crippen LogP contribution in [0.5, 0.6) is 0 Å². The number of rotatable bonds is 3. The highest BCUT2D eigenvalue weighted by Gasteiger charge is 2.34. The Morgan fingerprint density at radius 3 is 2.88 bits per heavy atom. The first kappa shape index (κ1) is 11.6. The minimum Gasteiger partial charge on any atom is -0.395 e. The fourth-order valence-electron chi connectivity index (χ4n) is 2.07. The molecule has 1 aliphatic rings. The molecule has 1 N–H and O–H groups in total. The van der Waals surface area contributed by atoms with Gasteiger partial charge < -0.3 is 9.67 Å². The first-order valence-corrected chi connectivity index (χ1v) is 6.74. The lowest BCUT2D eigenvalue weighted by Crippen LogP contribution is -2.37. The summed E-state index contributed by atoms with van der Waals surface area (Å²) in [7, 11) is -1.64. The quantitative estimate of drug-likeness (QED) is 0.824. The van der Waals surface area contributed by atoms with Gasteiger partial charge in [-0.05, 0) is 18.9 Å². The van der Waals surface area contributed by atoms with E-state index >= 15 is 0 Å². The predicted octanol–water partition coefficient (Wildman–Crippen LogP) is 0.171. The van der Waals surface area contributed by atoms with E-state index in [9.17, 15) is 8.42 Å². The topological polar surface area (TPSA) is 62.5 Å². The molecule has 16 heavy (non-hydrogen) atoms. The largest absolute Gasteiger partial charge is 0.395 e. The van der Waals surface area contributed by atoms with Crippen LogP contribution in [0.1, 0.15) is 12.8 Å². The molecule has 2 rings (SSSR count). The summed E-state index contributed by atoms with van der Waals surface area (Å²) in [6.07, 6.45) is 4.85. The SMILES string of the molecule is Cn1ccc(S(=O)(=O)N2CCC[C@H]2CO)c1. The minimum atomic E-state index is -3.43. The monoisotopic (exact) mass is 244 g/mol. The van der Waals surface area contributed by atoms with E-state index in [1.54, 1.807) is 30.1 Å². The van der Waals surface area contributed by atoms with Crippen LogP contribution in [0.2, 0.25) is 0 Å². The molecule has 0 bridgehead atoms. The molecule has 1 saturated heterocycles. The number of hydrogen-bond acceptors (Lipinski definition) is 3. The standard InChI is InChI=1S/C10H16N2O3S/c1-11-6-4-10(7-11)16(14,15)12-5-2-3-9(12)8-13/h4,6-7,9,13H,2-3,5,8H2,1H3/t9-/m0/s1. The van der Waals surface area contributed by atoms with Gasteiger partial charge in [-0.15, -0.1) is 0 Å². The van der Waals surface area contributed by atoms with Crippen molar-refractivity contribution < 1.29 is 13.5 Å². The van der Waals surface area contributed by atoms with Crippen LogP contribution in [0.25, 0.3) is 0 Å². The maximum absolute atomic E-state index is 12.2. The Morgan fingerprint density at radius 2 is 2.31 bits per heavy atom. The molecule has 0 aliphatic carbocycles. The van der Waals surface area contributed by atoms with E-state index in [0.29, 0.717) is 11.4 Å². The summed E-state index contributed by atoms with van der Waals surface area (Å²) in [6.45, 7) is 0.397. The molecule has 0 radical (unpaired) electrons. The Hall–Kier alpha value is -0.850. The molecule has 1 atom stereocenters. The number of sulfonamides is 1. The van der Waals surface area contributed by atoms with Crippen LogP contribution in [0, 0.1) is 0 Å². The number of aromatic nitrogens is 1. The van der Waals surface area contributed by atoms with Crippen LogP contribution in [0.4, 0.5) is 0 Å². The third kappa shape index (κ3) is 1.88. The third-order valence-electron chi connectivity index (χ3n) is 2.95. The molecule has 90 valence electrons. The molecule has 0 spiro atoms. The van der Waals surface area contributed by atoms with Crippen molar-refractivity contribution in [1.82, 2.24) is 8.87 Å². The van der Waals surface area contributed by atoms with Crippen molar-refractivity contribution in [1.29, 1.82) is 0 Å². The third-order valence-corrected chi connectivity index (χ3v) is 4.88. The van der Waals surface area contributed by atoms with Crippen molar-refractivity contribution >= 4 is 10.0 Å². The lowest BCUT2D eigenvalue weighted by molar-refractivity contribution is 0.213.